The summed E-state index contributed by atoms with van der Waals surface area (Å²) in [5.74, 6) is -0.0427. The van der Waals surface area contributed by atoms with Crippen LogP contribution in [0.3, 0.4) is 0 Å². The van der Waals surface area contributed by atoms with Crippen molar-refractivity contribution in [1.29, 1.82) is 0 Å². The van der Waals surface area contributed by atoms with Crippen LogP contribution in [0, 0.1) is 13.8 Å². The second-order valence-corrected chi connectivity index (χ2v) is 5.43. The molecular weight excluding hydrogens is 302 g/mol. The lowest BCUT2D eigenvalue weighted by molar-refractivity contribution is 0.0951. The Morgan fingerprint density at radius 1 is 1.11 bits per heavy atom. The van der Waals surface area contributed by atoms with Gasteiger partial charge in [-0.2, -0.15) is 0 Å². The Labute approximate surface area is 122 Å². The zero-order valence-electron chi connectivity index (χ0n) is 11.0. The first-order valence-corrected chi connectivity index (χ1v) is 6.96. The SMILES string of the molecule is Cc1cc(C(=O)NCc2ccccc2C)ccc1Br. The lowest BCUT2D eigenvalue weighted by Gasteiger charge is -2.08. The summed E-state index contributed by atoms with van der Waals surface area (Å²) in [4.78, 5) is 12.1. The van der Waals surface area contributed by atoms with E-state index in [2.05, 4.69) is 21.2 Å². The smallest absolute Gasteiger partial charge is 0.251 e. The molecule has 2 aromatic carbocycles. The summed E-state index contributed by atoms with van der Waals surface area (Å²) in [5, 5.41) is 2.95. The minimum absolute atomic E-state index is 0.0427. The minimum atomic E-state index is -0.0427. The van der Waals surface area contributed by atoms with E-state index in [0.717, 1.165) is 15.6 Å². The van der Waals surface area contributed by atoms with Gasteiger partial charge in [-0.05, 0) is 48.7 Å². The highest BCUT2D eigenvalue weighted by atomic mass is 79.9. The highest BCUT2D eigenvalue weighted by molar-refractivity contribution is 9.10. The summed E-state index contributed by atoms with van der Waals surface area (Å²) >= 11 is 3.43. The maximum absolute atomic E-state index is 12.1. The normalized spacial score (nSPS) is 10.3. The van der Waals surface area contributed by atoms with E-state index in [4.69, 9.17) is 0 Å². The van der Waals surface area contributed by atoms with Crippen molar-refractivity contribution in [2.24, 2.45) is 0 Å². The summed E-state index contributed by atoms with van der Waals surface area (Å²) in [6, 6.07) is 13.7. The number of halogens is 1. The highest BCUT2D eigenvalue weighted by Crippen LogP contribution is 2.17. The summed E-state index contributed by atoms with van der Waals surface area (Å²) in [5.41, 5.74) is 4.08. The number of carbonyl (C=O) groups excluding carboxylic acids is 1. The molecule has 0 radical (unpaired) electrons. The molecule has 2 nitrogen and oxygen atoms in total. The lowest BCUT2D eigenvalue weighted by atomic mass is 10.1. The average Bonchev–Trinajstić information content (AvgIpc) is 2.40. The Kier molecular flexibility index (Phi) is 4.38. The van der Waals surface area contributed by atoms with Crippen molar-refractivity contribution < 1.29 is 4.79 Å². The van der Waals surface area contributed by atoms with Crippen molar-refractivity contribution in [1.82, 2.24) is 5.32 Å². The van der Waals surface area contributed by atoms with E-state index in [1.54, 1.807) is 0 Å². The number of hydrogen-bond donors (Lipinski definition) is 1. The van der Waals surface area contributed by atoms with E-state index < -0.39 is 0 Å². The van der Waals surface area contributed by atoms with Crippen molar-refractivity contribution in [2.75, 3.05) is 0 Å². The third-order valence-electron chi connectivity index (χ3n) is 3.12. The van der Waals surface area contributed by atoms with Gasteiger partial charge in [-0.15, -0.1) is 0 Å². The van der Waals surface area contributed by atoms with Gasteiger partial charge in [0.05, 0.1) is 0 Å². The number of nitrogens with one attached hydrogen (secondary N) is 1. The maximum Gasteiger partial charge on any atom is 0.251 e. The van der Waals surface area contributed by atoms with Gasteiger partial charge in [-0.25, -0.2) is 0 Å². The van der Waals surface area contributed by atoms with E-state index in [9.17, 15) is 4.79 Å². The first kappa shape index (κ1) is 13.8. The molecule has 0 fully saturated rings. The van der Waals surface area contributed by atoms with Crippen LogP contribution in [0.15, 0.2) is 46.9 Å². The molecule has 0 unspecified atom stereocenters. The van der Waals surface area contributed by atoms with Crippen LogP contribution in [0.25, 0.3) is 0 Å². The Morgan fingerprint density at radius 2 is 1.84 bits per heavy atom. The van der Waals surface area contributed by atoms with Crippen LogP contribution in [0.4, 0.5) is 0 Å². The molecule has 98 valence electrons. The van der Waals surface area contributed by atoms with Crippen molar-refractivity contribution >= 4 is 21.8 Å². The lowest BCUT2D eigenvalue weighted by Crippen LogP contribution is -2.23. The largest absolute Gasteiger partial charge is 0.348 e. The van der Waals surface area contributed by atoms with E-state index in [1.807, 2.05) is 56.3 Å². The molecular formula is C16H16BrNO. The Bertz CT molecular complexity index is 607. The van der Waals surface area contributed by atoms with Gasteiger partial charge in [-0.1, -0.05) is 40.2 Å². The highest BCUT2D eigenvalue weighted by Gasteiger charge is 2.07. The van der Waals surface area contributed by atoms with Crippen LogP contribution in [0.2, 0.25) is 0 Å². The van der Waals surface area contributed by atoms with Crippen LogP contribution in [0.1, 0.15) is 27.0 Å². The average molecular weight is 318 g/mol. The van der Waals surface area contributed by atoms with Gasteiger partial charge in [-0.3, -0.25) is 4.79 Å². The second-order valence-electron chi connectivity index (χ2n) is 4.57. The minimum Gasteiger partial charge on any atom is -0.348 e. The molecule has 0 saturated carbocycles. The second kappa shape index (κ2) is 6.02. The molecule has 0 aliphatic rings. The fourth-order valence-corrected chi connectivity index (χ4v) is 2.12. The number of carbonyl (C=O) groups is 1. The molecule has 3 heteroatoms. The van der Waals surface area contributed by atoms with Gasteiger partial charge in [0, 0.05) is 16.6 Å². The summed E-state index contributed by atoms with van der Waals surface area (Å²) in [6.07, 6.45) is 0. The molecule has 19 heavy (non-hydrogen) atoms. The molecule has 1 N–H and O–H groups in total. The summed E-state index contributed by atoms with van der Waals surface area (Å²) in [7, 11) is 0. The first-order valence-electron chi connectivity index (χ1n) is 6.17. The number of rotatable bonds is 3. The van der Waals surface area contributed by atoms with Crippen LogP contribution in [-0.4, -0.2) is 5.91 Å². The van der Waals surface area contributed by atoms with Crippen LogP contribution >= 0.6 is 15.9 Å². The zero-order valence-corrected chi connectivity index (χ0v) is 12.6. The quantitative estimate of drug-likeness (QED) is 0.911. The Morgan fingerprint density at radius 3 is 2.53 bits per heavy atom. The van der Waals surface area contributed by atoms with Crippen molar-refractivity contribution in [2.45, 2.75) is 20.4 Å². The maximum atomic E-state index is 12.1. The molecule has 2 aromatic rings. The number of amides is 1. The fraction of sp³-hybridized carbons (Fsp3) is 0.188. The molecule has 0 aromatic heterocycles. The summed E-state index contributed by atoms with van der Waals surface area (Å²) < 4.78 is 1.02. The molecule has 0 aliphatic heterocycles. The standard InChI is InChI=1S/C16H16BrNO/c1-11-5-3-4-6-14(11)10-18-16(19)13-7-8-15(17)12(2)9-13/h3-9H,10H2,1-2H3,(H,18,19). The van der Waals surface area contributed by atoms with Gasteiger partial charge in [0.1, 0.15) is 0 Å². The Balaban J connectivity index is 2.05. The third kappa shape index (κ3) is 3.44. The zero-order chi connectivity index (χ0) is 13.8. The molecule has 1 amide bonds. The van der Waals surface area contributed by atoms with Crippen LogP contribution in [0.5, 0.6) is 0 Å². The van der Waals surface area contributed by atoms with Gasteiger partial charge >= 0.3 is 0 Å². The monoisotopic (exact) mass is 317 g/mol. The van der Waals surface area contributed by atoms with Crippen molar-refractivity contribution in [3.05, 3.63) is 69.2 Å². The molecule has 0 spiro atoms. The van der Waals surface area contributed by atoms with Gasteiger partial charge in [0.15, 0.2) is 0 Å². The number of benzene rings is 2. The van der Waals surface area contributed by atoms with Crippen molar-refractivity contribution in [3.63, 3.8) is 0 Å². The summed E-state index contributed by atoms with van der Waals surface area (Å²) in [6.45, 7) is 4.58. The van der Waals surface area contributed by atoms with Gasteiger partial charge in [0.2, 0.25) is 0 Å². The van der Waals surface area contributed by atoms with Crippen LogP contribution in [-0.2, 0) is 6.54 Å². The Hall–Kier alpha value is -1.61. The predicted octanol–water partition coefficient (Wildman–Crippen LogP) is 4.00. The molecule has 0 bridgehead atoms. The van der Waals surface area contributed by atoms with Gasteiger partial charge in [0.25, 0.3) is 5.91 Å². The first-order chi connectivity index (χ1) is 9.08. The van der Waals surface area contributed by atoms with Crippen molar-refractivity contribution in [3.8, 4) is 0 Å². The van der Waals surface area contributed by atoms with E-state index in [-0.39, 0.29) is 5.91 Å². The van der Waals surface area contributed by atoms with E-state index >= 15 is 0 Å². The molecule has 2 rings (SSSR count). The number of hydrogen-bond acceptors (Lipinski definition) is 1. The predicted molar refractivity (Wildman–Crippen MR) is 81.2 cm³/mol. The van der Waals surface area contributed by atoms with E-state index in [1.165, 1.54) is 5.56 Å². The van der Waals surface area contributed by atoms with Crippen LogP contribution < -0.4 is 5.32 Å². The fourth-order valence-electron chi connectivity index (χ4n) is 1.87. The topological polar surface area (TPSA) is 29.1 Å². The number of aryl methyl sites for hydroxylation is 2. The molecule has 0 heterocycles. The molecule has 0 atom stereocenters. The van der Waals surface area contributed by atoms with E-state index in [0.29, 0.717) is 12.1 Å². The third-order valence-corrected chi connectivity index (χ3v) is 4.01. The van der Waals surface area contributed by atoms with Gasteiger partial charge < -0.3 is 5.32 Å². The molecule has 0 aliphatic carbocycles. The molecule has 0 saturated heterocycles.